The largest absolute Gasteiger partial charge is 0.495 e. The van der Waals surface area contributed by atoms with E-state index in [0.29, 0.717) is 5.75 Å². The van der Waals surface area contributed by atoms with Crippen molar-refractivity contribution in [2.45, 2.75) is 4.90 Å². The van der Waals surface area contributed by atoms with E-state index in [-0.39, 0.29) is 11.5 Å². The number of aliphatic hydroxyl groups is 1. The minimum atomic E-state index is -3.42. The summed E-state index contributed by atoms with van der Waals surface area (Å²) in [5.74, 6) is 0.344. The van der Waals surface area contributed by atoms with E-state index in [1.54, 1.807) is 18.2 Å². The molecule has 0 atom stereocenters. The van der Waals surface area contributed by atoms with Crippen molar-refractivity contribution in [3.63, 3.8) is 0 Å². The van der Waals surface area contributed by atoms with Crippen molar-refractivity contribution >= 4 is 10.0 Å². The van der Waals surface area contributed by atoms with Crippen LogP contribution in [0.25, 0.3) is 0 Å². The van der Waals surface area contributed by atoms with Crippen LogP contribution in [0.4, 0.5) is 0 Å². The number of ether oxygens (including phenoxy) is 1. The lowest BCUT2D eigenvalue weighted by Gasteiger charge is -2.21. The zero-order valence-corrected chi connectivity index (χ0v) is 13.6. The Bertz CT molecular complexity index is 495. The van der Waals surface area contributed by atoms with E-state index in [0.717, 1.165) is 11.0 Å². The lowest BCUT2D eigenvalue weighted by molar-refractivity contribution is -0.870. The van der Waals surface area contributed by atoms with Gasteiger partial charge in [0.05, 0.1) is 34.9 Å². The Labute approximate surface area is 121 Å². The van der Waals surface area contributed by atoms with Gasteiger partial charge in [0.25, 0.3) is 0 Å². The van der Waals surface area contributed by atoms with Crippen LogP contribution < -0.4 is 9.46 Å². The molecule has 0 aliphatic heterocycles. The van der Waals surface area contributed by atoms with Gasteiger partial charge in [0, 0.05) is 0 Å². The first-order chi connectivity index (χ1) is 9.18. The molecule has 20 heavy (non-hydrogen) atoms. The molecule has 0 saturated carbocycles. The number of methoxy groups -OCH3 is 1. The fraction of sp³-hybridized carbons (Fsp3) is 0.538. The molecule has 2 N–H and O–H groups in total. The van der Waals surface area contributed by atoms with Gasteiger partial charge in [-0.1, -0.05) is 12.1 Å². The number of quaternary nitrogens is 1. The van der Waals surface area contributed by atoms with Crippen molar-refractivity contribution in [1.29, 1.82) is 0 Å². The first-order valence-electron chi connectivity index (χ1n) is 6.16. The summed E-state index contributed by atoms with van der Waals surface area (Å²) in [5, 5.41) is 8.39. The molecule has 0 spiro atoms. The zero-order valence-electron chi connectivity index (χ0n) is 12.8. The Morgan fingerprint density at radius 3 is 2.15 bits per heavy atom. The van der Waals surface area contributed by atoms with Gasteiger partial charge in [-0.2, -0.15) is 0 Å². The summed E-state index contributed by atoms with van der Waals surface area (Å²) in [6.45, 7) is 1.11. The summed E-state index contributed by atoms with van der Waals surface area (Å²) in [7, 11) is 5.54. The van der Waals surface area contributed by atoms with Gasteiger partial charge in [0.15, 0.2) is 0 Å². The quantitative estimate of drug-likeness (QED) is 0.767. The number of nitrogens with one attached hydrogen (secondary N) is 1. The molecule has 0 radical (unpaired) electrons. The summed E-state index contributed by atoms with van der Waals surface area (Å²) in [6.07, 6.45) is 0. The van der Waals surface area contributed by atoms with E-state index in [1.807, 2.05) is 0 Å². The second-order valence-corrected chi connectivity index (χ2v) is 6.95. The van der Waals surface area contributed by atoms with Crippen LogP contribution in [0, 0.1) is 0 Å². The first-order valence-corrected chi connectivity index (χ1v) is 7.64. The van der Waals surface area contributed by atoms with E-state index < -0.39 is 10.0 Å². The molecule has 0 aliphatic rings. The molecular weight excluding hydrogens is 280 g/mol. The van der Waals surface area contributed by atoms with Crippen molar-refractivity contribution in [2.24, 2.45) is 0 Å². The van der Waals surface area contributed by atoms with E-state index >= 15 is 0 Å². The second-order valence-electron chi connectivity index (χ2n) is 5.10. The smallest absolute Gasteiger partial charge is 0.243 e. The van der Waals surface area contributed by atoms with Gasteiger partial charge in [0.1, 0.15) is 17.2 Å². The number of benzene rings is 1. The summed E-state index contributed by atoms with van der Waals surface area (Å²) in [5.41, 5.74) is 0. The van der Waals surface area contributed by atoms with Gasteiger partial charge >= 0.3 is 0 Å². The monoisotopic (exact) mass is 305 g/mol. The van der Waals surface area contributed by atoms with Crippen LogP contribution in [0.2, 0.25) is 0 Å². The number of likely N-dealkylation sites (N-methyl/N-ethyl adjacent to an activating group) is 1. The van der Waals surface area contributed by atoms with Gasteiger partial charge in [-0.05, 0) is 19.2 Å². The van der Waals surface area contributed by atoms with Crippen LogP contribution in [-0.2, 0) is 10.0 Å². The SMILES string of the molecule is CNS(=O)(=O)c1ccccc1OC.C[N+](C)(C)CCO. The van der Waals surface area contributed by atoms with Crippen molar-refractivity contribution in [3.8, 4) is 5.75 Å². The number of hydrogen-bond donors (Lipinski definition) is 2. The standard InChI is InChI=1S/C8H11NO3S.C5H14NO/c1-9-13(10,11)8-6-4-3-5-7(8)12-2;1-6(2,3)4-5-7/h3-6,9H,1-2H3;7H,4-5H2,1-3H3/q;+1. The van der Waals surface area contributed by atoms with Crippen LogP contribution in [0.3, 0.4) is 0 Å². The second kappa shape index (κ2) is 8.21. The maximum Gasteiger partial charge on any atom is 0.243 e. The minimum Gasteiger partial charge on any atom is -0.495 e. The Kier molecular flexibility index (Phi) is 7.74. The van der Waals surface area contributed by atoms with Crippen LogP contribution in [0.1, 0.15) is 0 Å². The zero-order chi connectivity index (χ0) is 15.8. The molecule has 0 saturated heterocycles. The van der Waals surface area contributed by atoms with Gasteiger partial charge in [-0.25, -0.2) is 13.1 Å². The molecule has 7 heteroatoms. The molecule has 0 fully saturated rings. The number of aliphatic hydroxyl groups excluding tert-OH is 1. The summed E-state index contributed by atoms with van der Waals surface area (Å²) < 4.78 is 30.8. The van der Waals surface area contributed by atoms with Gasteiger partial charge in [0.2, 0.25) is 10.0 Å². The van der Waals surface area contributed by atoms with E-state index in [4.69, 9.17) is 9.84 Å². The number of hydrogen-bond acceptors (Lipinski definition) is 4. The maximum atomic E-state index is 11.4. The average molecular weight is 305 g/mol. The molecular formula is C13H25N2O4S+. The first kappa shape index (κ1) is 18.9. The molecule has 0 amide bonds. The minimum absolute atomic E-state index is 0.153. The molecule has 0 aromatic heterocycles. The fourth-order valence-electron chi connectivity index (χ4n) is 1.25. The third kappa shape index (κ3) is 6.85. The van der Waals surface area contributed by atoms with Crippen molar-refractivity contribution in [1.82, 2.24) is 4.72 Å². The lowest BCUT2D eigenvalue weighted by atomic mass is 10.3. The summed E-state index contributed by atoms with van der Waals surface area (Å²) in [4.78, 5) is 0.153. The number of sulfonamides is 1. The lowest BCUT2D eigenvalue weighted by Crippen LogP contribution is -2.36. The highest BCUT2D eigenvalue weighted by molar-refractivity contribution is 7.89. The van der Waals surface area contributed by atoms with Gasteiger partial charge < -0.3 is 14.3 Å². The Morgan fingerprint density at radius 1 is 1.25 bits per heavy atom. The van der Waals surface area contributed by atoms with E-state index in [2.05, 4.69) is 25.9 Å². The number of para-hydroxylation sites is 1. The van der Waals surface area contributed by atoms with Gasteiger partial charge in [-0.3, -0.25) is 0 Å². The van der Waals surface area contributed by atoms with Crippen molar-refractivity contribution in [2.75, 3.05) is 48.5 Å². The van der Waals surface area contributed by atoms with Gasteiger partial charge in [-0.15, -0.1) is 0 Å². The molecule has 1 rings (SSSR count). The molecule has 0 aliphatic carbocycles. The van der Waals surface area contributed by atoms with E-state index in [1.165, 1.54) is 20.2 Å². The van der Waals surface area contributed by atoms with Crippen LogP contribution >= 0.6 is 0 Å². The Hall–Kier alpha value is -1.15. The topological polar surface area (TPSA) is 75.6 Å². The van der Waals surface area contributed by atoms with Crippen molar-refractivity contribution in [3.05, 3.63) is 24.3 Å². The number of rotatable bonds is 5. The Morgan fingerprint density at radius 2 is 1.80 bits per heavy atom. The molecule has 6 nitrogen and oxygen atoms in total. The maximum absolute atomic E-state index is 11.4. The predicted molar refractivity (Wildman–Crippen MR) is 79.2 cm³/mol. The molecule has 1 aromatic rings. The predicted octanol–water partition coefficient (Wildman–Crippen LogP) is 0.288. The van der Waals surface area contributed by atoms with Crippen LogP contribution in [0.15, 0.2) is 29.2 Å². The molecule has 116 valence electrons. The highest BCUT2D eigenvalue weighted by Crippen LogP contribution is 2.21. The molecule has 1 aromatic carbocycles. The highest BCUT2D eigenvalue weighted by atomic mass is 32.2. The Balaban J connectivity index is 0.000000441. The molecule has 0 unspecified atom stereocenters. The van der Waals surface area contributed by atoms with E-state index in [9.17, 15) is 8.42 Å². The fourth-order valence-corrected chi connectivity index (χ4v) is 2.14. The highest BCUT2D eigenvalue weighted by Gasteiger charge is 2.15. The number of nitrogens with zero attached hydrogens (tertiary/aromatic N) is 1. The average Bonchev–Trinajstić information content (AvgIpc) is 2.38. The third-order valence-electron chi connectivity index (χ3n) is 2.40. The third-order valence-corrected chi connectivity index (χ3v) is 3.85. The van der Waals surface area contributed by atoms with Crippen molar-refractivity contribution < 1.29 is 22.7 Å². The summed E-state index contributed by atoms with van der Waals surface area (Å²) in [6, 6.07) is 6.45. The van der Waals surface area contributed by atoms with Crippen LogP contribution in [0.5, 0.6) is 5.75 Å². The normalized spacial score (nSPS) is 11.5. The molecule has 0 heterocycles. The van der Waals surface area contributed by atoms with Crippen LogP contribution in [-0.4, -0.2) is 66.5 Å². The summed E-state index contributed by atoms with van der Waals surface area (Å²) >= 11 is 0. The molecule has 0 bridgehead atoms.